The average molecular weight is 328 g/mol. The first-order valence-corrected chi connectivity index (χ1v) is 7.59. The number of benzene rings is 1. The van der Waals surface area contributed by atoms with Crippen LogP contribution in [0.5, 0.6) is 0 Å². The van der Waals surface area contributed by atoms with Gasteiger partial charge in [-0.25, -0.2) is 0 Å². The number of halogens is 3. The van der Waals surface area contributed by atoms with Gasteiger partial charge in [0.15, 0.2) is 4.77 Å². The molecule has 1 fully saturated rings. The maximum absolute atomic E-state index is 13.0. The first kappa shape index (κ1) is 15.3. The zero-order chi connectivity index (χ0) is 15.9. The summed E-state index contributed by atoms with van der Waals surface area (Å²) in [6, 6.07) is 6.39. The number of aromatic amines is 1. The molecule has 3 rings (SSSR count). The molecule has 2 aromatic rings. The first-order valence-electron chi connectivity index (χ1n) is 7.18. The lowest BCUT2D eigenvalue weighted by Crippen LogP contribution is -2.34. The van der Waals surface area contributed by atoms with Crippen LogP contribution < -0.4 is 5.56 Å². The molecule has 1 heterocycles. The highest BCUT2D eigenvalue weighted by Gasteiger charge is 2.42. The van der Waals surface area contributed by atoms with E-state index in [9.17, 15) is 18.0 Å². The number of fused-ring (bicyclic) bond motifs is 1. The van der Waals surface area contributed by atoms with Crippen LogP contribution in [0.3, 0.4) is 0 Å². The quantitative estimate of drug-likeness (QED) is 0.790. The molecular formula is C15H15F3N2OS. The van der Waals surface area contributed by atoms with E-state index in [0.717, 1.165) is 0 Å². The molecule has 1 aliphatic rings. The van der Waals surface area contributed by atoms with Crippen molar-refractivity contribution in [1.82, 2.24) is 9.55 Å². The number of hydrogen-bond donors (Lipinski definition) is 1. The summed E-state index contributed by atoms with van der Waals surface area (Å²) in [6.45, 7) is 0. The summed E-state index contributed by atoms with van der Waals surface area (Å²) in [5, 5.41) is 0.449. The number of alkyl halides is 3. The SMILES string of the molecule is O=c1c2ccccc2[nH]c(=S)n1[C@H]1CCC[C@@H](C(F)(F)F)C1. The Morgan fingerprint density at radius 2 is 1.95 bits per heavy atom. The summed E-state index contributed by atoms with van der Waals surface area (Å²) in [5.41, 5.74) is 0.295. The molecule has 0 saturated heterocycles. The van der Waals surface area contributed by atoms with Crippen LogP contribution in [0.25, 0.3) is 10.9 Å². The van der Waals surface area contributed by atoms with E-state index in [0.29, 0.717) is 23.7 Å². The summed E-state index contributed by atoms with van der Waals surface area (Å²) in [6.07, 6.45) is -3.19. The highest BCUT2D eigenvalue weighted by atomic mass is 32.1. The molecule has 1 N–H and O–H groups in total. The Labute approximate surface area is 129 Å². The summed E-state index contributed by atoms with van der Waals surface area (Å²) < 4.78 is 40.4. The van der Waals surface area contributed by atoms with Crippen LogP contribution in [0.15, 0.2) is 29.1 Å². The van der Waals surface area contributed by atoms with E-state index in [1.54, 1.807) is 24.3 Å². The number of para-hydroxylation sites is 1. The van der Waals surface area contributed by atoms with Crippen LogP contribution in [0.1, 0.15) is 31.7 Å². The second-order valence-corrected chi connectivity index (χ2v) is 6.10. The van der Waals surface area contributed by atoms with Gasteiger partial charge >= 0.3 is 6.18 Å². The first-order chi connectivity index (χ1) is 10.4. The van der Waals surface area contributed by atoms with Crippen molar-refractivity contribution in [3.8, 4) is 0 Å². The lowest BCUT2D eigenvalue weighted by atomic mass is 9.85. The van der Waals surface area contributed by atoms with Gasteiger partial charge in [0.2, 0.25) is 0 Å². The van der Waals surface area contributed by atoms with Crippen LogP contribution in [-0.4, -0.2) is 15.7 Å². The van der Waals surface area contributed by atoms with Crippen molar-refractivity contribution >= 4 is 23.1 Å². The minimum atomic E-state index is -4.22. The molecule has 1 aliphatic carbocycles. The van der Waals surface area contributed by atoms with E-state index in [1.807, 2.05) is 0 Å². The molecule has 22 heavy (non-hydrogen) atoms. The van der Waals surface area contributed by atoms with E-state index in [2.05, 4.69) is 4.98 Å². The minimum Gasteiger partial charge on any atom is -0.332 e. The van der Waals surface area contributed by atoms with Crippen molar-refractivity contribution < 1.29 is 13.2 Å². The second-order valence-electron chi connectivity index (χ2n) is 5.71. The molecule has 0 spiro atoms. The normalized spacial score (nSPS) is 22.9. The fourth-order valence-electron chi connectivity index (χ4n) is 3.20. The Morgan fingerprint density at radius 3 is 2.68 bits per heavy atom. The van der Waals surface area contributed by atoms with Gasteiger partial charge in [-0.15, -0.1) is 0 Å². The standard InChI is InChI=1S/C15H15F3N2OS/c16-15(17,18)9-4-3-5-10(8-9)20-13(21)11-6-1-2-7-12(11)19-14(20)22/h1-2,6-7,9-10H,3-5,8H2,(H,19,22)/t9-,10+/m1/s1. The molecule has 3 nitrogen and oxygen atoms in total. The predicted octanol–water partition coefficient (Wildman–Crippen LogP) is 4.35. The molecular weight excluding hydrogens is 313 g/mol. The fraction of sp³-hybridized carbons (Fsp3) is 0.467. The van der Waals surface area contributed by atoms with Gasteiger partial charge in [0.05, 0.1) is 16.8 Å². The third kappa shape index (κ3) is 2.69. The van der Waals surface area contributed by atoms with Crippen molar-refractivity contribution in [3.63, 3.8) is 0 Å². The Bertz CT molecular complexity index is 809. The van der Waals surface area contributed by atoms with Gasteiger partial charge < -0.3 is 4.98 Å². The second kappa shape index (κ2) is 5.53. The van der Waals surface area contributed by atoms with Crippen molar-refractivity contribution in [2.45, 2.75) is 37.9 Å². The maximum Gasteiger partial charge on any atom is 0.391 e. The summed E-state index contributed by atoms with van der Waals surface area (Å²) >= 11 is 5.21. The Morgan fingerprint density at radius 1 is 1.23 bits per heavy atom. The zero-order valence-electron chi connectivity index (χ0n) is 11.7. The van der Waals surface area contributed by atoms with Gasteiger partial charge in [0.1, 0.15) is 0 Å². The third-order valence-corrected chi connectivity index (χ3v) is 4.61. The fourth-order valence-corrected chi connectivity index (χ4v) is 3.55. The molecule has 2 atom stereocenters. The summed E-state index contributed by atoms with van der Waals surface area (Å²) in [4.78, 5) is 15.5. The van der Waals surface area contributed by atoms with Gasteiger partial charge in [-0.2, -0.15) is 13.2 Å². The van der Waals surface area contributed by atoms with E-state index >= 15 is 0 Å². The van der Waals surface area contributed by atoms with E-state index < -0.39 is 18.1 Å². The highest BCUT2D eigenvalue weighted by Crippen LogP contribution is 2.41. The van der Waals surface area contributed by atoms with Crippen molar-refractivity contribution in [2.75, 3.05) is 0 Å². The van der Waals surface area contributed by atoms with Gasteiger partial charge in [0, 0.05) is 6.04 Å². The molecule has 118 valence electrons. The Kier molecular flexibility index (Phi) is 3.84. The molecule has 0 bridgehead atoms. The average Bonchev–Trinajstić information content (AvgIpc) is 2.47. The van der Waals surface area contributed by atoms with E-state index in [4.69, 9.17) is 12.2 Å². The van der Waals surface area contributed by atoms with Crippen molar-refractivity contribution in [3.05, 3.63) is 39.4 Å². The maximum atomic E-state index is 13.0. The van der Waals surface area contributed by atoms with Crippen LogP contribution in [0.2, 0.25) is 0 Å². The zero-order valence-corrected chi connectivity index (χ0v) is 12.5. The molecule has 1 saturated carbocycles. The van der Waals surface area contributed by atoms with Gasteiger partial charge in [-0.1, -0.05) is 18.6 Å². The predicted molar refractivity (Wildman–Crippen MR) is 80.4 cm³/mol. The van der Waals surface area contributed by atoms with Crippen LogP contribution in [0, 0.1) is 10.7 Å². The third-order valence-electron chi connectivity index (χ3n) is 4.31. The summed E-state index contributed by atoms with van der Waals surface area (Å²) in [5.74, 6) is -1.36. The van der Waals surface area contributed by atoms with Crippen molar-refractivity contribution in [2.24, 2.45) is 5.92 Å². The monoisotopic (exact) mass is 328 g/mol. The number of hydrogen-bond acceptors (Lipinski definition) is 2. The molecule has 1 aromatic heterocycles. The van der Waals surface area contributed by atoms with Crippen molar-refractivity contribution in [1.29, 1.82) is 0 Å². The number of nitrogens with one attached hydrogen (secondary N) is 1. The smallest absolute Gasteiger partial charge is 0.332 e. The molecule has 0 unspecified atom stereocenters. The Hall–Kier alpha value is -1.63. The Balaban J connectivity index is 2.07. The molecule has 1 aromatic carbocycles. The number of aromatic nitrogens is 2. The number of H-pyrrole nitrogens is 1. The largest absolute Gasteiger partial charge is 0.391 e. The number of nitrogens with zero attached hydrogens (tertiary/aromatic N) is 1. The molecule has 0 radical (unpaired) electrons. The molecule has 7 heteroatoms. The summed E-state index contributed by atoms with van der Waals surface area (Å²) in [7, 11) is 0. The van der Waals surface area contributed by atoms with Crippen LogP contribution >= 0.6 is 12.2 Å². The minimum absolute atomic E-state index is 0.0841. The lowest BCUT2D eigenvalue weighted by Gasteiger charge is -2.31. The highest BCUT2D eigenvalue weighted by molar-refractivity contribution is 7.71. The number of rotatable bonds is 1. The van der Waals surface area contributed by atoms with Gasteiger partial charge in [-0.05, 0) is 43.6 Å². The van der Waals surface area contributed by atoms with E-state index in [-0.39, 0.29) is 23.2 Å². The van der Waals surface area contributed by atoms with Crippen LogP contribution in [-0.2, 0) is 0 Å². The topological polar surface area (TPSA) is 37.8 Å². The lowest BCUT2D eigenvalue weighted by molar-refractivity contribution is -0.185. The molecule has 0 aliphatic heterocycles. The van der Waals surface area contributed by atoms with Crippen LogP contribution in [0.4, 0.5) is 13.2 Å². The van der Waals surface area contributed by atoms with E-state index in [1.165, 1.54) is 4.57 Å². The molecule has 0 amide bonds. The van der Waals surface area contributed by atoms with Gasteiger partial charge in [0.25, 0.3) is 5.56 Å². The van der Waals surface area contributed by atoms with Gasteiger partial charge in [-0.3, -0.25) is 9.36 Å².